The fraction of sp³-hybridized carbons (Fsp3) is 0.176. The van der Waals surface area contributed by atoms with Crippen molar-refractivity contribution < 1.29 is 13.9 Å². The number of halogens is 2. The number of carbonyl (C=O) groups is 1. The van der Waals surface area contributed by atoms with Crippen molar-refractivity contribution in [1.29, 1.82) is 0 Å². The van der Waals surface area contributed by atoms with Gasteiger partial charge in [0.25, 0.3) is 5.91 Å². The molecule has 0 bridgehead atoms. The monoisotopic (exact) mass is 378 g/mol. The van der Waals surface area contributed by atoms with Crippen molar-refractivity contribution in [2.45, 2.75) is 20.0 Å². The van der Waals surface area contributed by atoms with Gasteiger partial charge in [-0.1, -0.05) is 34.1 Å². The molecule has 0 aliphatic heterocycles. The van der Waals surface area contributed by atoms with Crippen LogP contribution in [0.5, 0.6) is 5.75 Å². The molecule has 2 rings (SSSR count). The highest BCUT2D eigenvalue weighted by molar-refractivity contribution is 9.10. The summed E-state index contributed by atoms with van der Waals surface area (Å²) < 4.78 is 19.8. The third-order valence-electron chi connectivity index (χ3n) is 2.82. The molecule has 0 aliphatic rings. The molecule has 0 aliphatic carbocycles. The molecular formula is C17H16BrFN2O2. The molecule has 0 saturated carbocycles. The molecule has 120 valence electrons. The van der Waals surface area contributed by atoms with E-state index in [9.17, 15) is 9.18 Å². The Morgan fingerprint density at radius 1 is 1.30 bits per heavy atom. The van der Waals surface area contributed by atoms with Gasteiger partial charge in [0.1, 0.15) is 11.6 Å². The number of hydrogen-bond donors (Lipinski definition) is 1. The van der Waals surface area contributed by atoms with Crippen LogP contribution in [-0.4, -0.2) is 18.2 Å². The van der Waals surface area contributed by atoms with E-state index in [4.69, 9.17) is 4.74 Å². The van der Waals surface area contributed by atoms with Crippen LogP contribution >= 0.6 is 15.9 Å². The average molecular weight is 379 g/mol. The van der Waals surface area contributed by atoms with Crippen LogP contribution in [0, 0.1) is 5.82 Å². The third-order valence-corrected chi connectivity index (χ3v) is 3.32. The van der Waals surface area contributed by atoms with Crippen molar-refractivity contribution >= 4 is 28.1 Å². The normalized spacial score (nSPS) is 11.0. The number of ether oxygens (including phenoxy) is 1. The second-order valence-corrected chi connectivity index (χ2v) is 5.94. The molecule has 1 N–H and O–H groups in total. The molecule has 2 aromatic carbocycles. The fourth-order valence-electron chi connectivity index (χ4n) is 1.84. The van der Waals surface area contributed by atoms with Crippen LogP contribution in [0.15, 0.2) is 52.0 Å². The highest BCUT2D eigenvalue weighted by atomic mass is 79.9. The lowest BCUT2D eigenvalue weighted by Gasteiger charge is -2.13. The first-order chi connectivity index (χ1) is 11.0. The number of nitrogens with zero attached hydrogens (tertiary/aromatic N) is 1. The number of rotatable bonds is 5. The van der Waals surface area contributed by atoms with Crippen molar-refractivity contribution in [3.63, 3.8) is 0 Å². The molecule has 0 unspecified atom stereocenters. The van der Waals surface area contributed by atoms with Gasteiger partial charge in [0.15, 0.2) is 0 Å². The van der Waals surface area contributed by atoms with E-state index in [2.05, 4.69) is 26.5 Å². The Morgan fingerprint density at radius 2 is 2.04 bits per heavy atom. The second kappa shape index (κ2) is 7.87. The average Bonchev–Trinajstić information content (AvgIpc) is 2.50. The minimum absolute atomic E-state index is 0.0651. The summed E-state index contributed by atoms with van der Waals surface area (Å²) in [7, 11) is 0. The number of hydrazone groups is 1. The van der Waals surface area contributed by atoms with Crippen LogP contribution in [0.3, 0.4) is 0 Å². The number of amides is 1. The van der Waals surface area contributed by atoms with Crippen LogP contribution < -0.4 is 10.2 Å². The van der Waals surface area contributed by atoms with Crippen LogP contribution in [0.25, 0.3) is 0 Å². The predicted molar refractivity (Wildman–Crippen MR) is 91.4 cm³/mol. The molecule has 1 amide bonds. The zero-order valence-electron chi connectivity index (χ0n) is 12.7. The SMILES string of the molecule is CC(C)Oc1ccc(Br)cc1C(=O)N/N=C/c1ccccc1F. The van der Waals surface area contributed by atoms with Gasteiger partial charge in [-0.15, -0.1) is 0 Å². The molecule has 0 saturated heterocycles. The van der Waals surface area contributed by atoms with Gasteiger partial charge in [0, 0.05) is 10.0 Å². The van der Waals surface area contributed by atoms with Crippen molar-refractivity contribution in [1.82, 2.24) is 5.43 Å². The van der Waals surface area contributed by atoms with E-state index in [1.807, 2.05) is 13.8 Å². The lowest BCUT2D eigenvalue weighted by Crippen LogP contribution is -2.20. The Kier molecular flexibility index (Phi) is 5.87. The summed E-state index contributed by atoms with van der Waals surface area (Å²) in [5.74, 6) is -0.381. The van der Waals surface area contributed by atoms with E-state index in [1.165, 1.54) is 12.3 Å². The Labute approximate surface area is 142 Å². The smallest absolute Gasteiger partial charge is 0.275 e. The highest BCUT2D eigenvalue weighted by Crippen LogP contribution is 2.24. The molecule has 6 heteroatoms. The zero-order chi connectivity index (χ0) is 16.8. The van der Waals surface area contributed by atoms with E-state index in [-0.39, 0.29) is 6.10 Å². The van der Waals surface area contributed by atoms with Gasteiger partial charge in [-0.3, -0.25) is 4.79 Å². The number of carbonyl (C=O) groups excluding carboxylic acids is 1. The minimum Gasteiger partial charge on any atom is -0.490 e. The van der Waals surface area contributed by atoms with Gasteiger partial charge in [0.2, 0.25) is 0 Å². The van der Waals surface area contributed by atoms with Gasteiger partial charge in [0.05, 0.1) is 17.9 Å². The molecule has 2 aromatic rings. The Hall–Kier alpha value is -2.21. The number of benzene rings is 2. The Bertz CT molecular complexity index is 732. The first-order valence-electron chi connectivity index (χ1n) is 7.01. The molecule has 4 nitrogen and oxygen atoms in total. The summed E-state index contributed by atoms with van der Waals surface area (Å²) in [6, 6.07) is 11.3. The first kappa shape index (κ1) is 17.1. The van der Waals surface area contributed by atoms with Crippen LogP contribution in [0.4, 0.5) is 4.39 Å². The maximum absolute atomic E-state index is 13.5. The predicted octanol–water partition coefficient (Wildman–Crippen LogP) is 4.14. The lowest BCUT2D eigenvalue weighted by atomic mass is 10.2. The zero-order valence-corrected chi connectivity index (χ0v) is 14.3. The quantitative estimate of drug-likeness (QED) is 0.627. The molecule has 0 atom stereocenters. The summed E-state index contributed by atoms with van der Waals surface area (Å²) in [6.07, 6.45) is 1.19. The molecule has 0 aromatic heterocycles. The molecular weight excluding hydrogens is 363 g/mol. The lowest BCUT2D eigenvalue weighted by molar-refractivity contribution is 0.0949. The van der Waals surface area contributed by atoms with E-state index < -0.39 is 11.7 Å². The molecule has 0 heterocycles. The number of hydrogen-bond acceptors (Lipinski definition) is 3. The van der Waals surface area contributed by atoms with Gasteiger partial charge in [-0.05, 0) is 38.1 Å². The fourth-order valence-corrected chi connectivity index (χ4v) is 2.20. The number of nitrogens with one attached hydrogen (secondary N) is 1. The Morgan fingerprint density at radius 3 is 2.74 bits per heavy atom. The highest BCUT2D eigenvalue weighted by Gasteiger charge is 2.14. The van der Waals surface area contributed by atoms with Crippen molar-refractivity contribution in [2.75, 3.05) is 0 Å². The maximum Gasteiger partial charge on any atom is 0.275 e. The minimum atomic E-state index is -0.436. The summed E-state index contributed by atoms with van der Waals surface area (Å²) in [4.78, 5) is 12.3. The van der Waals surface area contributed by atoms with Crippen LogP contribution in [-0.2, 0) is 0 Å². The first-order valence-corrected chi connectivity index (χ1v) is 7.81. The topological polar surface area (TPSA) is 50.7 Å². The van der Waals surface area contributed by atoms with E-state index >= 15 is 0 Å². The summed E-state index contributed by atoms with van der Waals surface area (Å²) in [5.41, 5.74) is 3.02. The molecule has 0 radical (unpaired) electrons. The van der Waals surface area contributed by atoms with Gasteiger partial charge < -0.3 is 4.74 Å². The van der Waals surface area contributed by atoms with E-state index in [1.54, 1.807) is 36.4 Å². The summed E-state index contributed by atoms with van der Waals surface area (Å²) in [5, 5.41) is 3.79. The van der Waals surface area contributed by atoms with Crippen molar-refractivity contribution in [3.05, 3.63) is 63.9 Å². The maximum atomic E-state index is 13.5. The molecule has 0 spiro atoms. The van der Waals surface area contributed by atoms with Gasteiger partial charge in [-0.2, -0.15) is 5.10 Å². The van der Waals surface area contributed by atoms with Crippen molar-refractivity contribution in [2.24, 2.45) is 5.10 Å². The van der Waals surface area contributed by atoms with Gasteiger partial charge in [-0.25, -0.2) is 9.82 Å². The largest absolute Gasteiger partial charge is 0.490 e. The summed E-state index contributed by atoms with van der Waals surface area (Å²) >= 11 is 3.32. The second-order valence-electron chi connectivity index (χ2n) is 5.03. The van der Waals surface area contributed by atoms with Crippen LogP contribution in [0.2, 0.25) is 0 Å². The van der Waals surface area contributed by atoms with E-state index in [0.29, 0.717) is 16.9 Å². The standard InChI is InChI=1S/C17H16BrFN2O2/c1-11(2)23-16-8-7-13(18)9-14(16)17(22)21-20-10-12-5-3-4-6-15(12)19/h3-11H,1-2H3,(H,21,22)/b20-10+. The van der Waals surface area contributed by atoms with Gasteiger partial charge >= 0.3 is 0 Å². The molecule has 0 fully saturated rings. The van der Waals surface area contributed by atoms with E-state index in [0.717, 1.165) is 4.47 Å². The summed E-state index contributed by atoms with van der Waals surface area (Å²) in [6.45, 7) is 3.75. The molecule has 23 heavy (non-hydrogen) atoms. The van der Waals surface area contributed by atoms with Crippen molar-refractivity contribution in [3.8, 4) is 5.75 Å². The Balaban J connectivity index is 2.14. The van der Waals surface area contributed by atoms with Crippen LogP contribution in [0.1, 0.15) is 29.8 Å². The third kappa shape index (κ3) is 4.89.